The maximum Gasteiger partial charge on any atom is 0.171 e. The molecule has 19 heavy (non-hydrogen) atoms. The third kappa shape index (κ3) is 2.98. The van der Waals surface area contributed by atoms with Gasteiger partial charge in [-0.3, -0.25) is 4.79 Å². The van der Waals surface area contributed by atoms with Gasteiger partial charge in [0.2, 0.25) is 0 Å². The zero-order chi connectivity index (χ0) is 15.0. The molecule has 1 aromatic rings. The van der Waals surface area contributed by atoms with Gasteiger partial charge >= 0.3 is 0 Å². The number of ketones is 1. The molecular formula is C16H24O3. The first kappa shape index (κ1) is 15.7. The predicted octanol–water partition coefficient (Wildman–Crippen LogP) is 3.27. The fourth-order valence-electron chi connectivity index (χ4n) is 2.22. The lowest BCUT2D eigenvalue weighted by Crippen LogP contribution is -2.27. The second kappa shape index (κ2) is 5.33. The Morgan fingerprint density at radius 2 is 1.74 bits per heavy atom. The highest BCUT2D eigenvalue weighted by Gasteiger charge is 2.32. The van der Waals surface area contributed by atoms with Gasteiger partial charge in [-0.25, -0.2) is 0 Å². The number of aliphatic hydroxyl groups is 1. The molecule has 0 bridgehead atoms. The van der Waals surface area contributed by atoms with Crippen LogP contribution in [0.2, 0.25) is 0 Å². The van der Waals surface area contributed by atoms with Crippen LogP contribution in [-0.2, 0) is 4.79 Å². The van der Waals surface area contributed by atoms with Crippen LogP contribution in [0.25, 0.3) is 0 Å². The minimum atomic E-state index is -1.14. The SMILES string of the molecule is COc1c(C)c(C)cc(C)c1C(O)C(=O)C(C)(C)C. The van der Waals surface area contributed by atoms with E-state index in [1.54, 1.807) is 27.9 Å². The van der Waals surface area contributed by atoms with E-state index in [1.165, 1.54) is 0 Å². The van der Waals surface area contributed by atoms with Gasteiger partial charge in [0, 0.05) is 11.0 Å². The first-order valence-electron chi connectivity index (χ1n) is 6.48. The van der Waals surface area contributed by atoms with Crippen molar-refractivity contribution in [2.24, 2.45) is 5.41 Å². The van der Waals surface area contributed by atoms with E-state index < -0.39 is 11.5 Å². The van der Waals surface area contributed by atoms with E-state index in [2.05, 4.69) is 0 Å². The first-order valence-corrected chi connectivity index (χ1v) is 6.48. The average molecular weight is 264 g/mol. The summed E-state index contributed by atoms with van der Waals surface area (Å²) >= 11 is 0. The van der Waals surface area contributed by atoms with Crippen molar-refractivity contribution >= 4 is 5.78 Å². The number of methoxy groups -OCH3 is 1. The van der Waals surface area contributed by atoms with Crippen molar-refractivity contribution < 1.29 is 14.6 Å². The van der Waals surface area contributed by atoms with Gasteiger partial charge in [0.25, 0.3) is 0 Å². The van der Waals surface area contributed by atoms with Crippen LogP contribution >= 0.6 is 0 Å². The first-order chi connectivity index (χ1) is 8.61. The topological polar surface area (TPSA) is 46.5 Å². The number of benzene rings is 1. The maximum atomic E-state index is 12.3. The van der Waals surface area contributed by atoms with Crippen molar-refractivity contribution in [3.8, 4) is 5.75 Å². The van der Waals surface area contributed by atoms with Gasteiger partial charge in [-0.2, -0.15) is 0 Å². The highest BCUT2D eigenvalue weighted by atomic mass is 16.5. The molecule has 1 atom stereocenters. The van der Waals surface area contributed by atoms with Gasteiger partial charge in [0.1, 0.15) is 11.9 Å². The average Bonchev–Trinajstić information content (AvgIpc) is 2.30. The zero-order valence-electron chi connectivity index (χ0n) is 12.9. The fourth-order valence-corrected chi connectivity index (χ4v) is 2.22. The Morgan fingerprint density at radius 3 is 2.16 bits per heavy atom. The predicted molar refractivity (Wildman–Crippen MR) is 76.6 cm³/mol. The van der Waals surface area contributed by atoms with E-state index in [-0.39, 0.29) is 5.78 Å². The van der Waals surface area contributed by atoms with E-state index in [0.717, 1.165) is 16.7 Å². The molecule has 0 aliphatic carbocycles. The number of aryl methyl sites for hydroxylation is 2. The van der Waals surface area contributed by atoms with Gasteiger partial charge in [0.05, 0.1) is 7.11 Å². The summed E-state index contributed by atoms with van der Waals surface area (Å²) in [6.07, 6.45) is -1.14. The van der Waals surface area contributed by atoms with Crippen molar-refractivity contribution in [2.45, 2.75) is 47.6 Å². The minimum absolute atomic E-state index is 0.197. The Bertz CT molecular complexity index is 496. The third-order valence-electron chi connectivity index (χ3n) is 3.50. The Kier molecular flexibility index (Phi) is 4.41. The van der Waals surface area contributed by atoms with Crippen LogP contribution < -0.4 is 4.74 Å². The summed E-state index contributed by atoms with van der Waals surface area (Å²) in [7, 11) is 1.57. The number of carbonyl (C=O) groups excluding carboxylic acids is 1. The van der Waals surface area contributed by atoms with Crippen LogP contribution in [0.4, 0.5) is 0 Å². The second-order valence-electron chi connectivity index (χ2n) is 6.10. The summed E-state index contributed by atoms with van der Waals surface area (Å²) in [5.41, 5.74) is 2.93. The smallest absolute Gasteiger partial charge is 0.171 e. The van der Waals surface area contributed by atoms with Gasteiger partial charge in [-0.1, -0.05) is 26.8 Å². The minimum Gasteiger partial charge on any atom is -0.496 e. The number of rotatable bonds is 3. The lowest BCUT2D eigenvalue weighted by molar-refractivity contribution is -0.135. The van der Waals surface area contributed by atoms with E-state index in [4.69, 9.17) is 4.74 Å². The summed E-state index contributed by atoms with van der Waals surface area (Å²) in [6, 6.07) is 1.98. The van der Waals surface area contributed by atoms with Crippen molar-refractivity contribution in [3.05, 3.63) is 28.3 Å². The summed E-state index contributed by atoms with van der Waals surface area (Å²) in [5, 5.41) is 10.4. The number of Topliss-reactive ketones (excluding diaryl/α,β-unsaturated/α-hetero) is 1. The van der Waals surface area contributed by atoms with Crippen LogP contribution in [0.1, 0.15) is 49.1 Å². The van der Waals surface area contributed by atoms with Crippen LogP contribution in [-0.4, -0.2) is 18.0 Å². The Balaban J connectivity index is 3.43. The van der Waals surface area contributed by atoms with Gasteiger partial charge in [-0.15, -0.1) is 0 Å². The number of hydrogen-bond acceptors (Lipinski definition) is 3. The van der Waals surface area contributed by atoms with E-state index in [0.29, 0.717) is 11.3 Å². The highest BCUT2D eigenvalue weighted by Crippen LogP contribution is 2.37. The molecule has 0 aromatic heterocycles. The molecule has 0 fully saturated rings. The quantitative estimate of drug-likeness (QED) is 0.911. The molecule has 0 aliphatic rings. The molecule has 0 heterocycles. The largest absolute Gasteiger partial charge is 0.496 e. The van der Waals surface area contributed by atoms with Gasteiger partial charge in [-0.05, 0) is 37.5 Å². The van der Waals surface area contributed by atoms with Crippen LogP contribution in [0, 0.1) is 26.2 Å². The monoisotopic (exact) mass is 264 g/mol. The fraction of sp³-hybridized carbons (Fsp3) is 0.562. The molecule has 0 saturated heterocycles. The molecular weight excluding hydrogens is 240 g/mol. The molecule has 1 N–H and O–H groups in total. The highest BCUT2D eigenvalue weighted by molar-refractivity contribution is 5.89. The van der Waals surface area contributed by atoms with Crippen LogP contribution in [0.15, 0.2) is 6.07 Å². The van der Waals surface area contributed by atoms with E-state index >= 15 is 0 Å². The Labute approximate surface area is 115 Å². The number of ether oxygens (including phenoxy) is 1. The standard InChI is InChI=1S/C16H24O3/c1-9-8-10(2)12(14(19-7)11(9)3)13(17)15(18)16(4,5)6/h8,13,17H,1-7H3. The van der Waals surface area contributed by atoms with Crippen molar-refractivity contribution in [3.63, 3.8) is 0 Å². The molecule has 1 rings (SSSR count). The van der Waals surface area contributed by atoms with Gasteiger partial charge < -0.3 is 9.84 Å². The number of carbonyl (C=O) groups is 1. The normalized spacial score (nSPS) is 13.3. The zero-order valence-corrected chi connectivity index (χ0v) is 12.9. The molecule has 0 aliphatic heterocycles. The molecule has 106 valence electrons. The summed E-state index contributed by atoms with van der Waals surface area (Å²) in [4.78, 5) is 12.3. The molecule has 0 spiro atoms. The van der Waals surface area contributed by atoms with Crippen molar-refractivity contribution in [1.29, 1.82) is 0 Å². The van der Waals surface area contributed by atoms with Crippen molar-refractivity contribution in [1.82, 2.24) is 0 Å². The lowest BCUT2D eigenvalue weighted by Gasteiger charge is -2.25. The molecule has 3 heteroatoms. The van der Waals surface area contributed by atoms with E-state index in [9.17, 15) is 9.90 Å². The Hall–Kier alpha value is -1.35. The number of aliphatic hydroxyl groups excluding tert-OH is 1. The van der Waals surface area contributed by atoms with Crippen LogP contribution in [0.3, 0.4) is 0 Å². The molecule has 1 aromatic carbocycles. The van der Waals surface area contributed by atoms with Crippen molar-refractivity contribution in [2.75, 3.05) is 7.11 Å². The molecule has 0 amide bonds. The van der Waals surface area contributed by atoms with E-state index in [1.807, 2.05) is 26.8 Å². The molecule has 0 saturated carbocycles. The van der Waals surface area contributed by atoms with Gasteiger partial charge in [0.15, 0.2) is 5.78 Å². The molecule has 1 unspecified atom stereocenters. The second-order valence-corrected chi connectivity index (χ2v) is 6.10. The lowest BCUT2D eigenvalue weighted by atomic mass is 9.83. The maximum absolute atomic E-state index is 12.3. The van der Waals surface area contributed by atoms with Crippen LogP contribution in [0.5, 0.6) is 5.75 Å². The summed E-state index contributed by atoms with van der Waals surface area (Å²) in [5.74, 6) is 0.416. The third-order valence-corrected chi connectivity index (χ3v) is 3.50. The summed E-state index contributed by atoms with van der Waals surface area (Å²) < 4.78 is 5.41. The summed E-state index contributed by atoms with van der Waals surface area (Å²) in [6.45, 7) is 11.2. The molecule has 3 nitrogen and oxygen atoms in total. The Morgan fingerprint density at radius 1 is 1.21 bits per heavy atom. The number of hydrogen-bond donors (Lipinski definition) is 1. The molecule has 0 radical (unpaired) electrons.